The number of carboxylic acid groups (broad SMARTS) is 1. The van der Waals surface area contributed by atoms with E-state index in [1.54, 1.807) is 5.38 Å². The summed E-state index contributed by atoms with van der Waals surface area (Å²) in [5.41, 5.74) is 5.00. The molecule has 4 rings (SSSR count). The summed E-state index contributed by atoms with van der Waals surface area (Å²) in [6, 6.07) is 15.3. The lowest BCUT2D eigenvalue weighted by atomic mass is 9.98. The molecule has 1 aromatic heterocycles. The third kappa shape index (κ3) is 6.01. The van der Waals surface area contributed by atoms with Crippen LogP contribution < -0.4 is 10.6 Å². The first kappa shape index (κ1) is 24.7. The lowest BCUT2D eigenvalue weighted by Gasteiger charge is -2.14. The SMILES string of the molecule is CSCC[C@H](NC(=O)Cc1csc(NC(=O)OCC2c3ccccc3-c3ccccc32)n1)C(=O)O. The average molecular weight is 512 g/mol. The van der Waals surface area contributed by atoms with Crippen molar-refractivity contribution in [2.24, 2.45) is 0 Å². The Morgan fingerprint density at radius 3 is 2.40 bits per heavy atom. The molecule has 182 valence electrons. The third-order valence-corrected chi connectivity index (χ3v) is 7.14. The van der Waals surface area contributed by atoms with Crippen molar-refractivity contribution in [3.05, 3.63) is 70.7 Å². The summed E-state index contributed by atoms with van der Waals surface area (Å²) in [6.07, 6.45) is 1.52. The van der Waals surface area contributed by atoms with Gasteiger partial charge in [-0.25, -0.2) is 14.6 Å². The van der Waals surface area contributed by atoms with E-state index in [0.29, 0.717) is 23.0 Å². The molecule has 0 saturated carbocycles. The topological polar surface area (TPSA) is 118 Å². The van der Waals surface area contributed by atoms with Gasteiger partial charge >= 0.3 is 12.1 Å². The number of anilines is 1. The number of carbonyl (C=O) groups is 3. The number of benzene rings is 2. The van der Waals surface area contributed by atoms with Gasteiger partial charge in [0.1, 0.15) is 12.6 Å². The number of aromatic nitrogens is 1. The largest absolute Gasteiger partial charge is 0.480 e. The molecular formula is C25H25N3O5S2. The minimum Gasteiger partial charge on any atom is -0.480 e. The number of fused-ring (bicyclic) bond motifs is 3. The Balaban J connectivity index is 1.30. The maximum absolute atomic E-state index is 12.4. The summed E-state index contributed by atoms with van der Waals surface area (Å²) in [4.78, 5) is 40.2. The van der Waals surface area contributed by atoms with Crippen LogP contribution in [0.5, 0.6) is 0 Å². The molecule has 0 unspecified atom stereocenters. The number of carboxylic acids is 1. The molecule has 0 bridgehead atoms. The zero-order valence-corrected chi connectivity index (χ0v) is 20.7. The molecule has 8 nitrogen and oxygen atoms in total. The number of rotatable bonds is 10. The second kappa shape index (κ2) is 11.4. The molecular weight excluding hydrogens is 486 g/mol. The Kier molecular flexibility index (Phi) is 8.04. The number of nitrogens with one attached hydrogen (secondary N) is 2. The lowest BCUT2D eigenvalue weighted by Crippen LogP contribution is -2.41. The highest BCUT2D eigenvalue weighted by Gasteiger charge is 2.29. The highest BCUT2D eigenvalue weighted by molar-refractivity contribution is 7.98. The van der Waals surface area contributed by atoms with Gasteiger partial charge in [0.25, 0.3) is 0 Å². The Hall–Kier alpha value is -3.37. The van der Waals surface area contributed by atoms with Crippen LogP contribution in [0.1, 0.15) is 29.2 Å². The lowest BCUT2D eigenvalue weighted by molar-refractivity contribution is -0.141. The molecule has 1 aliphatic rings. The first-order chi connectivity index (χ1) is 17.0. The van der Waals surface area contributed by atoms with Gasteiger partial charge in [-0.1, -0.05) is 48.5 Å². The number of carbonyl (C=O) groups excluding carboxylic acids is 2. The fourth-order valence-corrected chi connectivity index (χ4v) is 5.24. The molecule has 3 N–H and O–H groups in total. The predicted molar refractivity (Wildman–Crippen MR) is 137 cm³/mol. The van der Waals surface area contributed by atoms with Gasteiger partial charge in [0.2, 0.25) is 5.91 Å². The van der Waals surface area contributed by atoms with E-state index in [2.05, 4.69) is 39.9 Å². The van der Waals surface area contributed by atoms with Gasteiger partial charge in [0.05, 0.1) is 12.1 Å². The minimum absolute atomic E-state index is 0.0445. The van der Waals surface area contributed by atoms with Crippen LogP contribution in [0.3, 0.4) is 0 Å². The summed E-state index contributed by atoms with van der Waals surface area (Å²) < 4.78 is 5.52. The molecule has 10 heteroatoms. The van der Waals surface area contributed by atoms with Crippen molar-refractivity contribution in [3.8, 4) is 11.1 Å². The summed E-state index contributed by atoms with van der Waals surface area (Å²) >= 11 is 2.69. The van der Waals surface area contributed by atoms with Gasteiger partial charge in [-0.05, 0) is 40.7 Å². The summed E-state index contributed by atoms with van der Waals surface area (Å²) in [5.74, 6) is -0.918. The van der Waals surface area contributed by atoms with E-state index in [0.717, 1.165) is 22.3 Å². The van der Waals surface area contributed by atoms with E-state index >= 15 is 0 Å². The number of thiazole rings is 1. The number of ether oxygens (including phenoxy) is 1. The molecule has 1 atom stereocenters. The van der Waals surface area contributed by atoms with Crippen molar-refractivity contribution in [3.63, 3.8) is 0 Å². The van der Waals surface area contributed by atoms with E-state index in [-0.39, 0.29) is 18.9 Å². The van der Waals surface area contributed by atoms with Crippen LogP contribution in [-0.2, 0) is 20.7 Å². The highest BCUT2D eigenvalue weighted by Crippen LogP contribution is 2.44. The van der Waals surface area contributed by atoms with Crippen molar-refractivity contribution in [2.75, 3.05) is 23.9 Å². The molecule has 2 aromatic carbocycles. The molecule has 0 spiro atoms. The van der Waals surface area contributed by atoms with Crippen LogP contribution in [0.25, 0.3) is 11.1 Å². The Morgan fingerprint density at radius 1 is 1.11 bits per heavy atom. The van der Waals surface area contributed by atoms with Gasteiger partial charge in [-0.15, -0.1) is 11.3 Å². The number of thioether (sulfide) groups is 1. The number of hydrogen-bond acceptors (Lipinski definition) is 7. The van der Waals surface area contributed by atoms with Crippen molar-refractivity contribution in [2.45, 2.75) is 24.8 Å². The number of amides is 2. The standard InChI is InChI=1S/C25H25N3O5S2/c1-34-11-10-21(23(30)31)27-22(29)12-15-14-35-24(26-15)28-25(32)33-13-20-18-8-4-2-6-16(18)17-7-3-5-9-19(17)20/h2-9,14,20-21H,10-13H2,1H3,(H,27,29)(H,30,31)(H,26,28,32)/t21-/m0/s1. The number of nitrogens with zero attached hydrogens (tertiary/aromatic N) is 1. The first-order valence-corrected chi connectivity index (χ1v) is 13.3. The van der Waals surface area contributed by atoms with Crippen LogP contribution in [0.4, 0.5) is 9.93 Å². The Morgan fingerprint density at radius 2 is 1.77 bits per heavy atom. The predicted octanol–water partition coefficient (Wildman–Crippen LogP) is 4.37. The van der Waals surface area contributed by atoms with Crippen molar-refractivity contribution < 1.29 is 24.2 Å². The molecule has 0 saturated heterocycles. The monoisotopic (exact) mass is 511 g/mol. The van der Waals surface area contributed by atoms with E-state index < -0.39 is 24.0 Å². The number of hydrogen-bond donors (Lipinski definition) is 3. The zero-order chi connectivity index (χ0) is 24.8. The zero-order valence-electron chi connectivity index (χ0n) is 19.0. The van der Waals surface area contributed by atoms with Crippen LogP contribution in [-0.4, -0.2) is 52.7 Å². The van der Waals surface area contributed by atoms with Crippen LogP contribution >= 0.6 is 23.1 Å². The Bertz CT molecular complexity index is 1180. The third-order valence-electron chi connectivity index (χ3n) is 5.69. The molecule has 35 heavy (non-hydrogen) atoms. The molecule has 2 amide bonds. The second-order valence-corrected chi connectivity index (χ2v) is 9.85. The van der Waals surface area contributed by atoms with Crippen molar-refractivity contribution in [1.82, 2.24) is 10.3 Å². The molecule has 0 aliphatic heterocycles. The van der Waals surface area contributed by atoms with Crippen LogP contribution in [0.2, 0.25) is 0 Å². The smallest absolute Gasteiger partial charge is 0.413 e. The second-order valence-electron chi connectivity index (χ2n) is 8.01. The maximum Gasteiger partial charge on any atom is 0.413 e. The minimum atomic E-state index is -1.07. The van der Waals surface area contributed by atoms with Crippen LogP contribution in [0, 0.1) is 0 Å². The maximum atomic E-state index is 12.4. The van der Waals surface area contributed by atoms with Crippen LogP contribution in [0.15, 0.2) is 53.9 Å². The Labute approximate surface area is 211 Å². The van der Waals surface area contributed by atoms with Gasteiger partial charge in [0, 0.05) is 11.3 Å². The van der Waals surface area contributed by atoms with Gasteiger partial charge in [-0.3, -0.25) is 10.1 Å². The fourth-order valence-electron chi connectivity index (χ4n) is 4.07. The molecule has 3 aromatic rings. The van der Waals surface area contributed by atoms with Gasteiger partial charge in [-0.2, -0.15) is 11.8 Å². The van der Waals surface area contributed by atoms with E-state index in [1.165, 1.54) is 23.1 Å². The average Bonchev–Trinajstić information content (AvgIpc) is 3.41. The summed E-state index contributed by atoms with van der Waals surface area (Å²) in [7, 11) is 0. The summed E-state index contributed by atoms with van der Waals surface area (Å²) in [6.45, 7) is 0.188. The first-order valence-electron chi connectivity index (χ1n) is 11.0. The molecule has 1 aliphatic carbocycles. The van der Waals surface area contributed by atoms with Crippen molar-refractivity contribution in [1.29, 1.82) is 0 Å². The quantitative estimate of drug-likeness (QED) is 0.370. The molecule has 0 radical (unpaired) electrons. The normalized spacial score (nSPS) is 12.9. The summed E-state index contributed by atoms with van der Waals surface area (Å²) in [5, 5.41) is 16.3. The van der Waals surface area contributed by atoms with Crippen molar-refractivity contribution >= 4 is 46.2 Å². The molecule has 0 fully saturated rings. The number of aliphatic carboxylic acids is 1. The van der Waals surface area contributed by atoms with E-state index in [9.17, 15) is 19.5 Å². The van der Waals surface area contributed by atoms with E-state index in [4.69, 9.17) is 4.74 Å². The van der Waals surface area contributed by atoms with Gasteiger partial charge in [0.15, 0.2) is 5.13 Å². The highest BCUT2D eigenvalue weighted by atomic mass is 32.2. The van der Waals surface area contributed by atoms with E-state index in [1.807, 2.05) is 30.5 Å². The van der Waals surface area contributed by atoms with Gasteiger partial charge < -0.3 is 15.2 Å². The molecule has 1 heterocycles. The fraction of sp³-hybridized carbons (Fsp3) is 0.280.